The van der Waals surface area contributed by atoms with Gasteiger partial charge in [-0.25, -0.2) is 8.42 Å². The Morgan fingerprint density at radius 2 is 1.55 bits per heavy atom. The minimum absolute atomic E-state index is 0.239. The Kier molecular flexibility index (Phi) is 9.05. The van der Waals surface area contributed by atoms with Crippen LogP contribution in [0.1, 0.15) is 25.8 Å². The molecule has 2 aromatic rings. The minimum atomic E-state index is -3.69. The van der Waals surface area contributed by atoms with Crippen LogP contribution in [0.2, 0.25) is 0 Å². The van der Waals surface area contributed by atoms with Gasteiger partial charge in [0.05, 0.1) is 11.9 Å². The summed E-state index contributed by atoms with van der Waals surface area (Å²) in [6.45, 7) is 4.06. The van der Waals surface area contributed by atoms with Crippen LogP contribution in [0.3, 0.4) is 0 Å². The molecule has 0 radical (unpaired) electrons. The molecule has 0 unspecified atom stereocenters. The van der Waals surface area contributed by atoms with E-state index in [2.05, 4.69) is 5.32 Å². The summed E-state index contributed by atoms with van der Waals surface area (Å²) in [6, 6.07) is 17.5. The van der Waals surface area contributed by atoms with Crippen molar-refractivity contribution in [1.82, 2.24) is 10.2 Å². The van der Waals surface area contributed by atoms with Gasteiger partial charge in [0.1, 0.15) is 12.6 Å². The van der Waals surface area contributed by atoms with Crippen LogP contribution in [0.5, 0.6) is 0 Å². The number of rotatable bonds is 11. The van der Waals surface area contributed by atoms with Gasteiger partial charge in [0.15, 0.2) is 0 Å². The third-order valence-corrected chi connectivity index (χ3v) is 6.09. The van der Waals surface area contributed by atoms with Gasteiger partial charge < -0.3 is 10.2 Å². The van der Waals surface area contributed by atoms with Crippen LogP contribution < -0.4 is 9.62 Å². The predicted octanol–water partition coefficient (Wildman–Crippen LogP) is 2.44. The number of benzene rings is 2. The molecule has 0 aliphatic rings. The lowest BCUT2D eigenvalue weighted by atomic mass is 10.1. The lowest BCUT2D eigenvalue weighted by Gasteiger charge is -2.32. The normalized spacial score (nSPS) is 12.1. The van der Waals surface area contributed by atoms with Gasteiger partial charge in [-0.15, -0.1) is 0 Å². The number of hydrogen-bond donors (Lipinski definition) is 1. The first-order chi connectivity index (χ1) is 14.8. The lowest BCUT2D eigenvalue weighted by Crippen LogP contribution is -2.53. The Bertz CT molecular complexity index is 949. The first kappa shape index (κ1) is 24.4. The van der Waals surface area contributed by atoms with Crippen LogP contribution in [0.15, 0.2) is 60.7 Å². The number of likely N-dealkylation sites (N-methyl/N-ethyl adjacent to an activating group) is 1. The van der Waals surface area contributed by atoms with Gasteiger partial charge in [0, 0.05) is 13.1 Å². The van der Waals surface area contributed by atoms with Crippen LogP contribution in [0.25, 0.3) is 0 Å². The summed E-state index contributed by atoms with van der Waals surface area (Å²) in [5.41, 5.74) is 1.45. The summed E-state index contributed by atoms with van der Waals surface area (Å²) in [4.78, 5) is 27.5. The maximum atomic E-state index is 13.3. The van der Waals surface area contributed by atoms with E-state index in [1.54, 1.807) is 30.3 Å². The summed E-state index contributed by atoms with van der Waals surface area (Å²) in [7, 11) is -3.69. The molecule has 7 nitrogen and oxygen atoms in total. The molecule has 0 saturated heterocycles. The molecular weight excluding hydrogens is 414 g/mol. The zero-order chi connectivity index (χ0) is 22.9. The number of nitrogens with zero attached hydrogens (tertiary/aromatic N) is 2. The topological polar surface area (TPSA) is 86.8 Å². The van der Waals surface area contributed by atoms with Crippen LogP contribution in [0, 0.1) is 0 Å². The molecule has 2 aromatic carbocycles. The molecule has 31 heavy (non-hydrogen) atoms. The Hall–Kier alpha value is -2.87. The van der Waals surface area contributed by atoms with Gasteiger partial charge in [-0.1, -0.05) is 55.5 Å². The number of sulfonamides is 1. The van der Waals surface area contributed by atoms with Gasteiger partial charge in [0.2, 0.25) is 21.8 Å². The van der Waals surface area contributed by atoms with E-state index in [-0.39, 0.29) is 12.5 Å². The molecule has 0 aliphatic heterocycles. The lowest BCUT2D eigenvalue weighted by molar-refractivity contribution is -0.139. The highest BCUT2D eigenvalue weighted by atomic mass is 32.2. The number of nitrogens with one attached hydrogen (secondary N) is 1. The summed E-state index contributed by atoms with van der Waals surface area (Å²) in [5.74, 6) is -0.652. The zero-order valence-electron chi connectivity index (χ0n) is 18.3. The largest absolute Gasteiger partial charge is 0.355 e. The molecule has 168 valence electrons. The average Bonchev–Trinajstić information content (AvgIpc) is 2.75. The van der Waals surface area contributed by atoms with Gasteiger partial charge in [-0.3, -0.25) is 13.9 Å². The molecule has 1 N–H and O–H groups in total. The molecule has 1 atom stereocenters. The van der Waals surface area contributed by atoms with Crippen molar-refractivity contribution in [2.75, 3.05) is 30.2 Å². The van der Waals surface area contributed by atoms with E-state index >= 15 is 0 Å². The summed E-state index contributed by atoms with van der Waals surface area (Å²) in [6.07, 6.45) is 2.06. The molecule has 0 bridgehead atoms. The highest BCUT2D eigenvalue weighted by Crippen LogP contribution is 2.18. The van der Waals surface area contributed by atoms with Crippen molar-refractivity contribution in [2.45, 2.75) is 32.7 Å². The average molecular weight is 446 g/mol. The monoisotopic (exact) mass is 445 g/mol. The summed E-state index contributed by atoms with van der Waals surface area (Å²) in [5, 5.41) is 2.78. The summed E-state index contributed by atoms with van der Waals surface area (Å²) < 4.78 is 25.9. The zero-order valence-corrected chi connectivity index (χ0v) is 19.1. The predicted molar refractivity (Wildman–Crippen MR) is 123 cm³/mol. The van der Waals surface area contributed by atoms with Gasteiger partial charge >= 0.3 is 0 Å². The number of hydrogen-bond acceptors (Lipinski definition) is 4. The second-order valence-electron chi connectivity index (χ2n) is 7.25. The number of carbonyl (C=O) groups excluding carboxylic acids is 2. The number of anilines is 1. The fourth-order valence-electron chi connectivity index (χ4n) is 3.40. The van der Waals surface area contributed by atoms with E-state index in [1.807, 2.05) is 44.2 Å². The fourth-order valence-corrected chi connectivity index (χ4v) is 4.25. The van der Waals surface area contributed by atoms with Gasteiger partial charge in [-0.05, 0) is 37.5 Å². The standard InChI is InChI=1S/C23H31N3O4S/c1-4-21(23(28)24-5-2)25(17-16-19-12-8-6-9-13-19)22(27)18-26(31(3,29)30)20-14-10-7-11-15-20/h6-15,21H,4-5,16-18H2,1-3H3,(H,24,28)/t21-/m0/s1. The Labute approximate surface area is 185 Å². The van der Waals surface area contributed by atoms with Gasteiger partial charge in [-0.2, -0.15) is 0 Å². The maximum absolute atomic E-state index is 13.3. The molecular formula is C23H31N3O4S. The number of amides is 2. The summed E-state index contributed by atoms with van der Waals surface area (Å²) >= 11 is 0. The smallest absolute Gasteiger partial charge is 0.244 e. The van der Waals surface area contributed by atoms with Crippen LogP contribution in [-0.4, -0.2) is 57.1 Å². The SMILES string of the molecule is CCNC(=O)[C@H](CC)N(CCc1ccccc1)C(=O)CN(c1ccccc1)S(C)(=O)=O. The molecule has 0 aromatic heterocycles. The van der Waals surface area contributed by atoms with Crippen molar-refractivity contribution in [2.24, 2.45) is 0 Å². The molecule has 0 saturated carbocycles. The minimum Gasteiger partial charge on any atom is -0.355 e. The second-order valence-corrected chi connectivity index (χ2v) is 9.15. The van der Waals surface area contributed by atoms with Crippen molar-refractivity contribution in [3.05, 3.63) is 66.2 Å². The highest BCUT2D eigenvalue weighted by molar-refractivity contribution is 7.92. The van der Waals surface area contributed by atoms with E-state index < -0.39 is 22.0 Å². The van der Waals surface area contributed by atoms with Crippen molar-refractivity contribution < 1.29 is 18.0 Å². The third-order valence-electron chi connectivity index (χ3n) is 4.94. The van der Waals surface area contributed by atoms with E-state index in [0.29, 0.717) is 31.6 Å². The maximum Gasteiger partial charge on any atom is 0.244 e. The molecule has 0 fully saturated rings. The Morgan fingerprint density at radius 3 is 2.06 bits per heavy atom. The van der Waals surface area contributed by atoms with E-state index in [9.17, 15) is 18.0 Å². The Balaban J connectivity index is 2.31. The molecule has 0 spiro atoms. The van der Waals surface area contributed by atoms with E-state index in [0.717, 1.165) is 16.1 Å². The van der Waals surface area contributed by atoms with E-state index in [4.69, 9.17) is 0 Å². The van der Waals surface area contributed by atoms with Gasteiger partial charge in [0.25, 0.3) is 0 Å². The van der Waals surface area contributed by atoms with Crippen molar-refractivity contribution in [3.8, 4) is 0 Å². The Morgan fingerprint density at radius 1 is 0.968 bits per heavy atom. The van der Waals surface area contributed by atoms with Crippen LogP contribution in [0.4, 0.5) is 5.69 Å². The van der Waals surface area contributed by atoms with E-state index in [1.165, 1.54) is 4.90 Å². The second kappa shape index (κ2) is 11.5. The quantitative estimate of drug-likeness (QED) is 0.576. The number of para-hydroxylation sites is 1. The molecule has 8 heteroatoms. The highest BCUT2D eigenvalue weighted by Gasteiger charge is 2.31. The molecule has 0 aliphatic carbocycles. The van der Waals surface area contributed by atoms with Crippen LogP contribution in [-0.2, 0) is 26.0 Å². The third kappa shape index (κ3) is 7.10. The molecule has 2 rings (SSSR count). The van der Waals surface area contributed by atoms with Crippen molar-refractivity contribution in [1.29, 1.82) is 0 Å². The van der Waals surface area contributed by atoms with Crippen molar-refractivity contribution >= 4 is 27.5 Å². The fraction of sp³-hybridized carbons (Fsp3) is 0.391. The van der Waals surface area contributed by atoms with Crippen molar-refractivity contribution in [3.63, 3.8) is 0 Å². The molecule has 2 amide bonds. The first-order valence-corrected chi connectivity index (χ1v) is 12.3. The number of carbonyl (C=O) groups is 2. The first-order valence-electron chi connectivity index (χ1n) is 10.4. The van der Waals surface area contributed by atoms with Crippen LogP contribution >= 0.6 is 0 Å². The molecule has 0 heterocycles.